The molecule has 1 fully saturated rings. The van der Waals surface area contributed by atoms with E-state index < -0.39 is 11.7 Å². The van der Waals surface area contributed by atoms with E-state index in [0.717, 1.165) is 18.4 Å². The Hall–Kier alpha value is -0.380. The van der Waals surface area contributed by atoms with Crippen molar-refractivity contribution in [2.24, 2.45) is 23.7 Å². The van der Waals surface area contributed by atoms with Crippen molar-refractivity contribution in [3.8, 4) is 0 Å². The lowest BCUT2D eigenvalue weighted by Crippen LogP contribution is -2.48. The Morgan fingerprint density at radius 1 is 1.37 bits per heavy atom. The maximum Gasteiger partial charge on any atom is 0.0912 e. The van der Waals surface area contributed by atoms with E-state index in [0.29, 0.717) is 18.3 Å². The van der Waals surface area contributed by atoms with Crippen LogP contribution in [0.15, 0.2) is 12.2 Å². The number of rotatable bonds is 6. The zero-order valence-corrected chi connectivity index (χ0v) is 12.8. The monoisotopic (exact) mass is 270 g/mol. The molecule has 5 atom stereocenters. The molecule has 0 aromatic heterocycles. The van der Waals surface area contributed by atoms with Crippen LogP contribution in [0.3, 0.4) is 0 Å². The van der Waals surface area contributed by atoms with Crippen LogP contribution in [0.1, 0.15) is 47.0 Å². The van der Waals surface area contributed by atoms with Crippen LogP contribution in [-0.2, 0) is 0 Å². The van der Waals surface area contributed by atoms with Gasteiger partial charge in [-0.15, -0.1) is 0 Å². The van der Waals surface area contributed by atoms with E-state index >= 15 is 0 Å². The Labute approximate surface area is 117 Å². The van der Waals surface area contributed by atoms with Gasteiger partial charge in [0.25, 0.3) is 0 Å². The largest absolute Gasteiger partial charge is 0.396 e. The summed E-state index contributed by atoms with van der Waals surface area (Å²) in [5, 5.41) is 30.6. The molecule has 0 bridgehead atoms. The van der Waals surface area contributed by atoms with Crippen molar-refractivity contribution in [2.75, 3.05) is 6.61 Å². The molecule has 0 aromatic carbocycles. The van der Waals surface area contributed by atoms with Gasteiger partial charge < -0.3 is 15.3 Å². The molecule has 0 aliphatic heterocycles. The second-order valence-electron chi connectivity index (χ2n) is 6.77. The Kier molecular flexibility index (Phi) is 5.60. The Balaban J connectivity index is 2.76. The van der Waals surface area contributed by atoms with E-state index in [4.69, 9.17) is 0 Å². The van der Waals surface area contributed by atoms with Gasteiger partial charge in [-0.2, -0.15) is 0 Å². The molecule has 3 N–H and O–H groups in total. The lowest BCUT2D eigenvalue weighted by molar-refractivity contribution is -0.116. The van der Waals surface area contributed by atoms with Gasteiger partial charge in [-0.1, -0.05) is 32.9 Å². The van der Waals surface area contributed by atoms with Crippen molar-refractivity contribution in [2.45, 2.75) is 58.7 Å². The zero-order valence-electron chi connectivity index (χ0n) is 12.8. The summed E-state index contributed by atoms with van der Waals surface area (Å²) in [4.78, 5) is 0. The van der Waals surface area contributed by atoms with E-state index in [9.17, 15) is 15.3 Å². The van der Waals surface area contributed by atoms with Gasteiger partial charge in [0.05, 0.1) is 11.7 Å². The first-order chi connectivity index (χ1) is 8.71. The molecule has 0 unspecified atom stereocenters. The third-order valence-electron chi connectivity index (χ3n) is 5.09. The topological polar surface area (TPSA) is 60.7 Å². The summed E-state index contributed by atoms with van der Waals surface area (Å²) in [5.41, 5.74) is -0.199. The quantitative estimate of drug-likeness (QED) is 0.649. The van der Waals surface area contributed by atoms with Crippen molar-refractivity contribution in [1.82, 2.24) is 0 Å². The van der Waals surface area contributed by atoms with Crippen LogP contribution in [0.4, 0.5) is 0 Å². The molecule has 3 nitrogen and oxygen atoms in total. The molecule has 112 valence electrons. The van der Waals surface area contributed by atoms with Gasteiger partial charge in [-0.05, 0) is 49.9 Å². The predicted molar refractivity (Wildman–Crippen MR) is 77.7 cm³/mol. The molecule has 0 spiro atoms. The van der Waals surface area contributed by atoms with E-state index in [1.807, 2.05) is 13.8 Å². The molecule has 19 heavy (non-hydrogen) atoms. The minimum atomic E-state index is -1.16. The first-order valence-corrected chi connectivity index (χ1v) is 7.40. The summed E-state index contributed by atoms with van der Waals surface area (Å²) in [5.74, 6) is 0.753. The zero-order chi connectivity index (χ0) is 14.8. The highest BCUT2D eigenvalue weighted by atomic mass is 16.3. The number of aliphatic hydroxyl groups is 3. The minimum Gasteiger partial charge on any atom is -0.396 e. The second-order valence-corrected chi connectivity index (χ2v) is 6.77. The fourth-order valence-corrected chi connectivity index (χ4v) is 3.24. The highest BCUT2D eigenvalue weighted by Crippen LogP contribution is 2.44. The van der Waals surface area contributed by atoms with Crippen molar-refractivity contribution >= 4 is 0 Å². The molecule has 1 rings (SSSR count). The molecule has 0 radical (unpaired) electrons. The number of hydrogen-bond donors (Lipinski definition) is 3. The average molecular weight is 270 g/mol. The molecular formula is C16H30O3. The van der Waals surface area contributed by atoms with Gasteiger partial charge in [0.15, 0.2) is 0 Å². The SMILES string of the molecule is C=C(C[C@@H](O)[C@@](C)(O)[C@@H]1CC[C@@H](C)[C@@H]1CO)C(C)C. The highest BCUT2D eigenvalue weighted by molar-refractivity contribution is 5.05. The van der Waals surface area contributed by atoms with Crippen LogP contribution in [-0.4, -0.2) is 33.6 Å². The first-order valence-electron chi connectivity index (χ1n) is 7.40. The van der Waals surface area contributed by atoms with Crippen molar-refractivity contribution in [1.29, 1.82) is 0 Å². The molecule has 3 heteroatoms. The Morgan fingerprint density at radius 3 is 2.42 bits per heavy atom. The highest BCUT2D eigenvalue weighted by Gasteiger charge is 2.47. The van der Waals surface area contributed by atoms with Crippen LogP contribution in [0.2, 0.25) is 0 Å². The molecule has 1 aliphatic carbocycles. The predicted octanol–water partition coefficient (Wildman–Crippen LogP) is 2.36. The van der Waals surface area contributed by atoms with E-state index in [1.165, 1.54) is 0 Å². The van der Waals surface area contributed by atoms with Gasteiger partial charge in [0.1, 0.15) is 0 Å². The van der Waals surface area contributed by atoms with Gasteiger partial charge in [0, 0.05) is 6.61 Å². The van der Waals surface area contributed by atoms with Crippen LogP contribution in [0.5, 0.6) is 0 Å². The van der Waals surface area contributed by atoms with Crippen molar-refractivity contribution in [3.05, 3.63) is 12.2 Å². The van der Waals surface area contributed by atoms with Gasteiger partial charge in [0.2, 0.25) is 0 Å². The number of aliphatic hydroxyl groups excluding tert-OH is 2. The van der Waals surface area contributed by atoms with Crippen LogP contribution >= 0.6 is 0 Å². The normalized spacial score (nSPS) is 32.3. The van der Waals surface area contributed by atoms with Crippen molar-refractivity contribution < 1.29 is 15.3 Å². The van der Waals surface area contributed by atoms with E-state index in [1.54, 1.807) is 6.92 Å². The number of hydrogen-bond acceptors (Lipinski definition) is 3. The van der Waals surface area contributed by atoms with Crippen LogP contribution < -0.4 is 0 Å². The minimum absolute atomic E-state index is 0.0394. The van der Waals surface area contributed by atoms with Crippen molar-refractivity contribution in [3.63, 3.8) is 0 Å². The maximum atomic E-state index is 10.7. The van der Waals surface area contributed by atoms with Gasteiger partial charge >= 0.3 is 0 Å². The summed E-state index contributed by atoms with van der Waals surface area (Å²) in [7, 11) is 0. The van der Waals surface area contributed by atoms with Crippen LogP contribution in [0.25, 0.3) is 0 Å². The molecule has 1 aliphatic rings. The molecule has 0 amide bonds. The Morgan fingerprint density at radius 2 is 1.95 bits per heavy atom. The third kappa shape index (κ3) is 3.59. The fourth-order valence-electron chi connectivity index (χ4n) is 3.24. The molecule has 0 saturated heterocycles. The second kappa shape index (κ2) is 6.38. The fraction of sp³-hybridized carbons (Fsp3) is 0.875. The van der Waals surface area contributed by atoms with E-state index in [-0.39, 0.29) is 18.4 Å². The maximum absolute atomic E-state index is 10.7. The molecular weight excluding hydrogens is 240 g/mol. The summed E-state index contributed by atoms with van der Waals surface area (Å²) in [6.45, 7) is 11.9. The third-order valence-corrected chi connectivity index (χ3v) is 5.09. The first kappa shape index (κ1) is 16.7. The Bertz CT molecular complexity index is 309. The molecule has 0 aromatic rings. The smallest absolute Gasteiger partial charge is 0.0912 e. The van der Waals surface area contributed by atoms with E-state index in [2.05, 4.69) is 13.5 Å². The summed E-state index contributed by atoms with van der Waals surface area (Å²) in [6, 6.07) is 0. The lowest BCUT2D eigenvalue weighted by atomic mass is 9.74. The summed E-state index contributed by atoms with van der Waals surface area (Å²) >= 11 is 0. The molecule has 1 saturated carbocycles. The van der Waals surface area contributed by atoms with Gasteiger partial charge in [-0.3, -0.25) is 0 Å². The van der Waals surface area contributed by atoms with Gasteiger partial charge in [-0.25, -0.2) is 0 Å². The lowest BCUT2D eigenvalue weighted by Gasteiger charge is -2.39. The standard InChI is InChI=1S/C16H30O3/c1-10(2)12(4)8-15(18)16(5,19)14-7-6-11(3)13(14)9-17/h10-11,13-15,17-19H,4,6-9H2,1-3,5H3/t11-,13+,14-,15-,16+/m1/s1. The van der Waals surface area contributed by atoms with Crippen LogP contribution in [0, 0.1) is 23.7 Å². The summed E-state index contributed by atoms with van der Waals surface area (Å²) < 4.78 is 0. The average Bonchev–Trinajstić information content (AvgIpc) is 2.70. The summed E-state index contributed by atoms with van der Waals surface area (Å²) in [6.07, 6.45) is 1.48. The molecule has 0 heterocycles.